The van der Waals surface area contributed by atoms with Crippen molar-refractivity contribution in [2.45, 2.75) is 44.2 Å². The second kappa shape index (κ2) is 5.57. The molecule has 0 radical (unpaired) electrons. The first-order valence-electron chi connectivity index (χ1n) is 8.14. The first-order chi connectivity index (χ1) is 10.1. The molecule has 3 saturated heterocycles. The first-order valence-corrected chi connectivity index (χ1v) is 8.14. The number of carbonyl (C=O) groups is 2. The second-order valence-electron chi connectivity index (χ2n) is 6.48. The molecule has 1 atom stereocenters. The number of hydrogen-bond donors (Lipinski definition) is 1. The van der Waals surface area contributed by atoms with Gasteiger partial charge in [0.1, 0.15) is 5.54 Å². The molecule has 1 unspecified atom stereocenters. The minimum Gasteiger partial charge on any atom is -0.317 e. The zero-order valence-electron chi connectivity index (χ0n) is 13.1. The maximum absolute atomic E-state index is 12.8. The van der Waals surface area contributed by atoms with Crippen LogP contribution in [0.1, 0.15) is 32.6 Å². The fraction of sp³-hybridized carbons (Fsp3) is 0.867. The van der Waals surface area contributed by atoms with Crippen molar-refractivity contribution in [1.82, 2.24) is 20.0 Å². The zero-order chi connectivity index (χ0) is 15.0. The van der Waals surface area contributed by atoms with Crippen LogP contribution >= 0.6 is 0 Å². The highest BCUT2D eigenvalue weighted by Gasteiger charge is 2.57. The smallest absolute Gasteiger partial charge is 0.317 e. The Kier molecular flexibility index (Phi) is 3.92. The van der Waals surface area contributed by atoms with E-state index in [1.807, 2.05) is 6.92 Å². The number of piperidine rings is 2. The summed E-state index contributed by atoms with van der Waals surface area (Å²) in [6, 6.07) is 0.421. The fourth-order valence-corrected chi connectivity index (χ4v) is 4.13. The highest BCUT2D eigenvalue weighted by molar-refractivity contribution is 6.07. The standard InChI is InChI=1S/C15H26N4O2/c1-3-19-13(20)15(17(2)14(19)21)7-4-10-18(11-15)12-5-8-16-9-6-12/h12,16H,3-11H2,1-2H3. The predicted octanol–water partition coefficient (Wildman–Crippen LogP) is 0.487. The zero-order valence-corrected chi connectivity index (χ0v) is 13.1. The van der Waals surface area contributed by atoms with Gasteiger partial charge in [0.15, 0.2) is 0 Å². The molecule has 3 rings (SSSR count). The lowest BCUT2D eigenvalue weighted by Gasteiger charge is -2.45. The highest BCUT2D eigenvalue weighted by atomic mass is 16.2. The van der Waals surface area contributed by atoms with E-state index in [0.29, 0.717) is 19.1 Å². The Bertz CT molecular complexity index is 435. The lowest BCUT2D eigenvalue weighted by Crippen LogP contribution is -2.61. The fourth-order valence-electron chi connectivity index (χ4n) is 4.13. The average Bonchev–Trinajstić information content (AvgIpc) is 2.70. The normalized spacial score (nSPS) is 32.5. The summed E-state index contributed by atoms with van der Waals surface area (Å²) in [5.74, 6) is 0.0103. The molecular weight excluding hydrogens is 268 g/mol. The van der Waals surface area contributed by atoms with Crippen LogP contribution in [-0.4, -0.2) is 78.0 Å². The number of likely N-dealkylation sites (tertiary alicyclic amines) is 1. The summed E-state index contributed by atoms with van der Waals surface area (Å²) in [5, 5.41) is 3.39. The molecule has 118 valence electrons. The molecule has 1 N–H and O–H groups in total. The van der Waals surface area contributed by atoms with Gasteiger partial charge >= 0.3 is 6.03 Å². The number of nitrogens with zero attached hydrogens (tertiary/aromatic N) is 3. The Hall–Kier alpha value is -1.14. The number of carbonyl (C=O) groups excluding carboxylic acids is 2. The van der Waals surface area contributed by atoms with Crippen LogP contribution in [0.2, 0.25) is 0 Å². The van der Waals surface area contributed by atoms with Crippen LogP contribution in [0.25, 0.3) is 0 Å². The van der Waals surface area contributed by atoms with Gasteiger partial charge in [0.2, 0.25) is 0 Å². The Balaban J connectivity index is 1.80. The molecule has 0 aromatic rings. The van der Waals surface area contributed by atoms with E-state index < -0.39 is 5.54 Å². The Morgan fingerprint density at radius 3 is 2.62 bits per heavy atom. The molecule has 3 aliphatic rings. The van der Waals surface area contributed by atoms with Gasteiger partial charge in [-0.05, 0) is 52.2 Å². The highest BCUT2D eigenvalue weighted by Crippen LogP contribution is 2.36. The van der Waals surface area contributed by atoms with Crippen LogP contribution in [0.3, 0.4) is 0 Å². The van der Waals surface area contributed by atoms with Gasteiger partial charge in [0.05, 0.1) is 0 Å². The van der Waals surface area contributed by atoms with Gasteiger partial charge in [0, 0.05) is 26.2 Å². The number of likely N-dealkylation sites (N-methyl/N-ethyl adjacent to an activating group) is 2. The number of amides is 3. The molecule has 6 heteroatoms. The van der Waals surface area contributed by atoms with Gasteiger partial charge in [-0.1, -0.05) is 0 Å². The summed E-state index contributed by atoms with van der Waals surface area (Å²) < 4.78 is 0. The van der Waals surface area contributed by atoms with Gasteiger partial charge in [-0.3, -0.25) is 14.6 Å². The molecular formula is C15H26N4O2. The lowest BCUT2D eigenvalue weighted by atomic mass is 9.86. The molecule has 0 aromatic heterocycles. The van der Waals surface area contributed by atoms with Gasteiger partial charge in [0.25, 0.3) is 5.91 Å². The third-order valence-electron chi connectivity index (χ3n) is 5.44. The summed E-state index contributed by atoms with van der Waals surface area (Å²) >= 11 is 0. The third-order valence-corrected chi connectivity index (χ3v) is 5.44. The average molecular weight is 294 g/mol. The van der Waals surface area contributed by atoms with Gasteiger partial charge < -0.3 is 10.2 Å². The van der Waals surface area contributed by atoms with Crippen LogP contribution in [0.15, 0.2) is 0 Å². The molecule has 0 aliphatic carbocycles. The SMILES string of the molecule is CCN1C(=O)N(C)C2(CCCN(C3CCNCC3)C2)C1=O. The molecule has 0 aromatic carbocycles. The van der Waals surface area contributed by atoms with Gasteiger partial charge in [-0.25, -0.2) is 4.79 Å². The summed E-state index contributed by atoms with van der Waals surface area (Å²) in [6.07, 6.45) is 4.07. The molecule has 0 saturated carbocycles. The van der Waals surface area contributed by atoms with Crippen molar-refractivity contribution in [1.29, 1.82) is 0 Å². The molecule has 3 amide bonds. The number of urea groups is 1. The summed E-state index contributed by atoms with van der Waals surface area (Å²) in [6.45, 7) is 6.20. The molecule has 3 fully saturated rings. The molecule has 3 heterocycles. The van der Waals surface area contributed by atoms with E-state index >= 15 is 0 Å². The molecule has 3 aliphatic heterocycles. The van der Waals surface area contributed by atoms with Crippen LogP contribution in [0.5, 0.6) is 0 Å². The van der Waals surface area contributed by atoms with Crippen molar-refractivity contribution in [3.8, 4) is 0 Å². The number of hydrogen-bond acceptors (Lipinski definition) is 4. The second-order valence-corrected chi connectivity index (χ2v) is 6.48. The molecule has 0 bridgehead atoms. The van der Waals surface area contributed by atoms with E-state index in [4.69, 9.17) is 0 Å². The Labute approximate surface area is 126 Å². The summed E-state index contributed by atoms with van der Waals surface area (Å²) in [4.78, 5) is 30.7. The van der Waals surface area contributed by atoms with Crippen LogP contribution in [0.4, 0.5) is 4.79 Å². The topological polar surface area (TPSA) is 55.9 Å². The van der Waals surface area contributed by atoms with Crippen molar-refractivity contribution in [2.75, 3.05) is 39.8 Å². The van der Waals surface area contributed by atoms with E-state index in [2.05, 4.69) is 10.2 Å². The van der Waals surface area contributed by atoms with Crippen molar-refractivity contribution in [2.24, 2.45) is 0 Å². The quantitative estimate of drug-likeness (QED) is 0.753. The van der Waals surface area contributed by atoms with Crippen LogP contribution < -0.4 is 5.32 Å². The van der Waals surface area contributed by atoms with Crippen molar-refractivity contribution in [3.63, 3.8) is 0 Å². The minimum absolute atomic E-state index is 0.0103. The third kappa shape index (κ3) is 2.25. The number of imide groups is 1. The van der Waals surface area contributed by atoms with E-state index in [9.17, 15) is 9.59 Å². The number of rotatable bonds is 2. The largest absolute Gasteiger partial charge is 0.327 e. The van der Waals surface area contributed by atoms with Crippen molar-refractivity contribution in [3.05, 3.63) is 0 Å². The van der Waals surface area contributed by atoms with E-state index in [-0.39, 0.29) is 11.9 Å². The van der Waals surface area contributed by atoms with Gasteiger partial charge in [-0.2, -0.15) is 0 Å². The van der Waals surface area contributed by atoms with Crippen molar-refractivity contribution >= 4 is 11.9 Å². The molecule has 1 spiro atoms. The van der Waals surface area contributed by atoms with Gasteiger partial charge in [-0.15, -0.1) is 0 Å². The predicted molar refractivity (Wildman–Crippen MR) is 80.0 cm³/mol. The van der Waals surface area contributed by atoms with E-state index in [1.165, 1.54) is 4.90 Å². The summed E-state index contributed by atoms with van der Waals surface area (Å²) in [5.41, 5.74) is -0.615. The maximum atomic E-state index is 12.8. The first kappa shape index (κ1) is 14.8. The lowest BCUT2D eigenvalue weighted by molar-refractivity contribution is -0.136. The Morgan fingerprint density at radius 1 is 1.29 bits per heavy atom. The van der Waals surface area contributed by atoms with Crippen LogP contribution in [0, 0.1) is 0 Å². The molecule has 6 nitrogen and oxygen atoms in total. The van der Waals surface area contributed by atoms with Crippen molar-refractivity contribution < 1.29 is 9.59 Å². The van der Waals surface area contributed by atoms with E-state index in [0.717, 1.165) is 45.3 Å². The van der Waals surface area contributed by atoms with Crippen LogP contribution in [-0.2, 0) is 4.79 Å². The molecule has 21 heavy (non-hydrogen) atoms. The monoisotopic (exact) mass is 294 g/mol. The minimum atomic E-state index is -0.615. The summed E-state index contributed by atoms with van der Waals surface area (Å²) in [7, 11) is 1.79. The maximum Gasteiger partial charge on any atom is 0.327 e. The number of nitrogens with one attached hydrogen (secondary N) is 1. The Morgan fingerprint density at radius 2 is 2.00 bits per heavy atom. The van der Waals surface area contributed by atoms with E-state index in [1.54, 1.807) is 11.9 Å².